The van der Waals surface area contributed by atoms with Crippen molar-refractivity contribution >= 4 is 23.2 Å². The molecule has 2 aliphatic rings. The summed E-state index contributed by atoms with van der Waals surface area (Å²) in [4.78, 5) is 28.3. The van der Waals surface area contributed by atoms with Crippen LogP contribution in [0.2, 0.25) is 0 Å². The quantitative estimate of drug-likeness (QED) is 0.788. The van der Waals surface area contributed by atoms with Gasteiger partial charge in [0.05, 0.1) is 30.7 Å². The highest BCUT2D eigenvalue weighted by atomic mass is 16.5. The van der Waals surface area contributed by atoms with Gasteiger partial charge in [0.15, 0.2) is 0 Å². The number of morpholine rings is 1. The molecule has 1 aromatic rings. The molecule has 0 spiro atoms. The summed E-state index contributed by atoms with van der Waals surface area (Å²) >= 11 is 0. The molecular weight excluding hydrogens is 346 g/mol. The number of nitrogens with zero attached hydrogens (tertiary/aromatic N) is 2. The van der Waals surface area contributed by atoms with Crippen molar-refractivity contribution in [2.45, 2.75) is 32.3 Å². The molecule has 3 rings (SSSR count). The zero-order valence-electron chi connectivity index (χ0n) is 16.0. The number of amides is 2. The number of anilines is 2. The van der Waals surface area contributed by atoms with Gasteiger partial charge in [-0.3, -0.25) is 9.59 Å². The average molecular weight is 375 g/mol. The molecule has 27 heavy (non-hydrogen) atoms. The van der Waals surface area contributed by atoms with Gasteiger partial charge in [-0.05, 0) is 25.0 Å². The van der Waals surface area contributed by atoms with Gasteiger partial charge in [0, 0.05) is 46.1 Å². The van der Waals surface area contributed by atoms with Crippen molar-refractivity contribution in [1.29, 1.82) is 0 Å². The molecule has 7 heteroatoms. The first-order valence-corrected chi connectivity index (χ1v) is 9.72. The van der Waals surface area contributed by atoms with Crippen LogP contribution < -0.4 is 10.2 Å². The number of nitrogens with one attached hydrogen (secondary N) is 1. The van der Waals surface area contributed by atoms with Gasteiger partial charge in [0.25, 0.3) is 0 Å². The predicted molar refractivity (Wildman–Crippen MR) is 104 cm³/mol. The molecule has 2 aliphatic heterocycles. The molecule has 0 bridgehead atoms. The maximum atomic E-state index is 12.5. The van der Waals surface area contributed by atoms with E-state index in [1.165, 1.54) is 0 Å². The van der Waals surface area contributed by atoms with Gasteiger partial charge in [-0.1, -0.05) is 12.1 Å². The topological polar surface area (TPSA) is 71.1 Å². The summed E-state index contributed by atoms with van der Waals surface area (Å²) in [6.45, 7) is 6.28. The molecule has 1 atom stereocenters. The molecule has 1 N–H and O–H groups in total. The SMILES string of the molecule is CC(=O)N(CCC(=O)Nc1ccccc1N1CCOCC1)CC1CCCO1. The van der Waals surface area contributed by atoms with E-state index in [1.54, 1.807) is 11.8 Å². The van der Waals surface area contributed by atoms with Gasteiger partial charge in [0.2, 0.25) is 11.8 Å². The first kappa shape index (κ1) is 19.6. The fourth-order valence-corrected chi connectivity index (χ4v) is 3.52. The summed E-state index contributed by atoms with van der Waals surface area (Å²) in [5, 5.41) is 3.01. The highest BCUT2D eigenvalue weighted by Crippen LogP contribution is 2.26. The van der Waals surface area contributed by atoms with Gasteiger partial charge in [-0.15, -0.1) is 0 Å². The monoisotopic (exact) mass is 375 g/mol. The van der Waals surface area contributed by atoms with Crippen molar-refractivity contribution in [2.24, 2.45) is 0 Å². The lowest BCUT2D eigenvalue weighted by Crippen LogP contribution is -2.38. The molecule has 2 heterocycles. The molecule has 0 radical (unpaired) electrons. The van der Waals surface area contributed by atoms with Crippen LogP contribution in [0.4, 0.5) is 11.4 Å². The maximum Gasteiger partial charge on any atom is 0.226 e. The minimum Gasteiger partial charge on any atom is -0.378 e. The predicted octanol–water partition coefficient (Wildman–Crippen LogP) is 1.88. The first-order valence-electron chi connectivity index (χ1n) is 9.72. The van der Waals surface area contributed by atoms with E-state index in [2.05, 4.69) is 10.2 Å². The van der Waals surface area contributed by atoms with E-state index >= 15 is 0 Å². The molecule has 0 aromatic heterocycles. The van der Waals surface area contributed by atoms with Crippen LogP contribution in [0.5, 0.6) is 0 Å². The van der Waals surface area contributed by atoms with E-state index in [0.717, 1.165) is 43.9 Å². The molecule has 148 valence electrons. The third-order valence-corrected chi connectivity index (χ3v) is 5.03. The molecule has 7 nitrogen and oxygen atoms in total. The standard InChI is InChI=1S/C20H29N3O4/c1-16(24)23(15-17-5-4-12-27-17)9-8-20(25)21-18-6-2-3-7-19(18)22-10-13-26-14-11-22/h2-3,6-7,17H,4-5,8-15H2,1H3,(H,21,25). The van der Waals surface area contributed by atoms with E-state index < -0.39 is 0 Å². The van der Waals surface area contributed by atoms with Crippen LogP contribution in [0.1, 0.15) is 26.2 Å². The zero-order chi connectivity index (χ0) is 19.1. The number of carbonyl (C=O) groups is 2. The van der Waals surface area contributed by atoms with E-state index in [1.807, 2.05) is 24.3 Å². The molecule has 2 saturated heterocycles. The molecule has 1 unspecified atom stereocenters. The summed E-state index contributed by atoms with van der Waals surface area (Å²) in [5.74, 6) is -0.110. The van der Waals surface area contributed by atoms with Crippen LogP contribution in [0.3, 0.4) is 0 Å². The smallest absolute Gasteiger partial charge is 0.226 e. The third kappa shape index (κ3) is 5.68. The Balaban J connectivity index is 1.54. The Morgan fingerprint density at radius 3 is 2.70 bits per heavy atom. The van der Waals surface area contributed by atoms with Gasteiger partial charge in [-0.2, -0.15) is 0 Å². The highest BCUT2D eigenvalue weighted by molar-refractivity contribution is 5.94. The number of rotatable bonds is 7. The van der Waals surface area contributed by atoms with Crippen molar-refractivity contribution < 1.29 is 19.1 Å². The second-order valence-electron chi connectivity index (χ2n) is 7.01. The van der Waals surface area contributed by atoms with Gasteiger partial charge < -0.3 is 24.6 Å². The summed E-state index contributed by atoms with van der Waals surface area (Å²) in [7, 11) is 0. The van der Waals surface area contributed by atoms with Crippen molar-refractivity contribution in [3.8, 4) is 0 Å². The normalized spacial score (nSPS) is 19.7. The van der Waals surface area contributed by atoms with Gasteiger partial charge >= 0.3 is 0 Å². The second-order valence-corrected chi connectivity index (χ2v) is 7.01. The van der Waals surface area contributed by atoms with Gasteiger partial charge in [0.1, 0.15) is 0 Å². The molecule has 2 fully saturated rings. The van der Waals surface area contributed by atoms with Crippen molar-refractivity contribution in [2.75, 3.05) is 56.2 Å². The van der Waals surface area contributed by atoms with E-state index in [9.17, 15) is 9.59 Å². The summed E-state index contributed by atoms with van der Waals surface area (Å²) < 4.78 is 11.0. The Labute approximate surface area is 160 Å². The number of benzene rings is 1. The number of carbonyl (C=O) groups excluding carboxylic acids is 2. The molecular formula is C20H29N3O4. The first-order chi connectivity index (χ1) is 13.1. The molecule has 0 aliphatic carbocycles. The van der Waals surface area contributed by atoms with E-state index in [4.69, 9.17) is 9.47 Å². The van der Waals surface area contributed by atoms with Crippen LogP contribution in [-0.4, -0.2) is 68.8 Å². The fraction of sp³-hybridized carbons (Fsp3) is 0.600. The van der Waals surface area contributed by atoms with Crippen LogP contribution >= 0.6 is 0 Å². The summed E-state index contributed by atoms with van der Waals surface area (Å²) in [6.07, 6.45) is 2.38. The third-order valence-electron chi connectivity index (χ3n) is 5.03. The summed E-state index contributed by atoms with van der Waals surface area (Å²) in [5.41, 5.74) is 1.81. The van der Waals surface area contributed by atoms with E-state index in [-0.39, 0.29) is 24.3 Å². The Morgan fingerprint density at radius 1 is 1.22 bits per heavy atom. The highest BCUT2D eigenvalue weighted by Gasteiger charge is 2.21. The Bertz CT molecular complexity index is 640. The Morgan fingerprint density at radius 2 is 2.00 bits per heavy atom. The van der Waals surface area contributed by atoms with Gasteiger partial charge in [-0.25, -0.2) is 0 Å². The molecule has 0 saturated carbocycles. The van der Waals surface area contributed by atoms with Crippen LogP contribution in [0.25, 0.3) is 0 Å². The van der Waals surface area contributed by atoms with E-state index in [0.29, 0.717) is 26.3 Å². The Hall–Kier alpha value is -2.12. The average Bonchev–Trinajstić information content (AvgIpc) is 3.19. The second kappa shape index (κ2) is 9.71. The minimum absolute atomic E-state index is 0.0213. The lowest BCUT2D eigenvalue weighted by Gasteiger charge is -2.30. The van der Waals surface area contributed by atoms with Crippen LogP contribution in [0.15, 0.2) is 24.3 Å². The molecule has 1 aromatic carbocycles. The van der Waals surface area contributed by atoms with Crippen LogP contribution in [0, 0.1) is 0 Å². The van der Waals surface area contributed by atoms with Crippen molar-refractivity contribution in [3.63, 3.8) is 0 Å². The minimum atomic E-state index is -0.0886. The summed E-state index contributed by atoms with van der Waals surface area (Å²) in [6, 6.07) is 7.82. The van der Waals surface area contributed by atoms with Crippen molar-refractivity contribution in [3.05, 3.63) is 24.3 Å². The Kier molecular flexibility index (Phi) is 7.06. The molecule has 2 amide bonds. The van der Waals surface area contributed by atoms with Crippen LogP contribution in [-0.2, 0) is 19.1 Å². The largest absolute Gasteiger partial charge is 0.378 e. The number of para-hydroxylation sites is 2. The number of hydrogen-bond donors (Lipinski definition) is 1. The lowest BCUT2D eigenvalue weighted by molar-refractivity contribution is -0.130. The zero-order valence-corrected chi connectivity index (χ0v) is 16.0. The fourth-order valence-electron chi connectivity index (χ4n) is 3.52. The number of ether oxygens (including phenoxy) is 2. The number of hydrogen-bond acceptors (Lipinski definition) is 5. The van der Waals surface area contributed by atoms with Crippen molar-refractivity contribution in [1.82, 2.24) is 4.90 Å². The maximum absolute atomic E-state index is 12.5. The lowest BCUT2D eigenvalue weighted by atomic mass is 10.2.